The number of aromatic nitrogens is 4. The zero-order valence-electron chi connectivity index (χ0n) is 22.6. The highest BCUT2D eigenvalue weighted by Gasteiger charge is 2.58. The molecule has 1 aromatic carbocycles. The lowest BCUT2D eigenvalue weighted by molar-refractivity contribution is -0.149. The first-order valence-electron chi connectivity index (χ1n) is 12.7. The first-order valence-corrected chi connectivity index (χ1v) is 14.6. The van der Waals surface area contributed by atoms with Crippen LogP contribution in [-0.4, -0.2) is 73.3 Å². The van der Waals surface area contributed by atoms with Gasteiger partial charge in [0.1, 0.15) is 24.0 Å². The number of hydrogen-bond acceptors (Lipinski definition) is 12. The molecule has 3 aromatic rings. The van der Waals surface area contributed by atoms with Crippen molar-refractivity contribution in [1.29, 1.82) is 0 Å². The number of halogens is 2. The molecular weight excluding hydrogens is 586 g/mol. The topological polar surface area (TPSA) is 182 Å². The van der Waals surface area contributed by atoms with Crippen LogP contribution in [0.2, 0.25) is 0 Å². The quantitative estimate of drug-likeness (QED) is 0.153. The number of para-hydroxylation sites is 1. The Balaban J connectivity index is 1.56. The Morgan fingerprint density at radius 2 is 2.02 bits per heavy atom. The molecule has 224 valence electrons. The van der Waals surface area contributed by atoms with Gasteiger partial charge in [-0.25, -0.2) is 13.9 Å². The summed E-state index contributed by atoms with van der Waals surface area (Å²) in [4.78, 5) is 24.6. The van der Waals surface area contributed by atoms with E-state index in [-0.39, 0.29) is 35.3 Å². The van der Waals surface area contributed by atoms with Crippen molar-refractivity contribution in [3.8, 4) is 11.6 Å². The Labute approximate surface area is 239 Å². The first-order chi connectivity index (χ1) is 19.3. The Morgan fingerprint density at radius 1 is 1.32 bits per heavy atom. The van der Waals surface area contributed by atoms with E-state index >= 15 is 4.39 Å². The van der Waals surface area contributed by atoms with Gasteiger partial charge in [0, 0.05) is 0 Å². The molecule has 2 aromatic heterocycles. The summed E-state index contributed by atoms with van der Waals surface area (Å²) in [5.41, 5.74) is 5.99. The van der Waals surface area contributed by atoms with Crippen molar-refractivity contribution in [3.63, 3.8) is 0 Å². The SMILES string of the molecule is CCOc1nc(N)nc2c1ncn2[C@@H]1O[C@H](CO[P@](=O)(N[C@@H](C)C(=O)OC(C)C)Oc2ccccc2)[C@@H](O)[C@]1(F)Cl. The summed E-state index contributed by atoms with van der Waals surface area (Å²) in [6, 6.07) is 6.91. The maximum absolute atomic E-state index is 15.8. The number of benzene rings is 1. The second kappa shape index (κ2) is 12.4. The second-order valence-corrected chi connectivity index (χ2v) is 11.6. The van der Waals surface area contributed by atoms with E-state index in [0.29, 0.717) is 0 Å². The van der Waals surface area contributed by atoms with Gasteiger partial charge in [-0.1, -0.05) is 29.8 Å². The number of alkyl halides is 2. The summed E-state index contributed by atoms with van der Waals surface area (Å²) in [5.74, 6) is -0.652. The van der Waals surface area contributed by atoms with Crippen molar-refractivity contribution < 1.29 is 42.1 Å². The number of nitrogens with two attached hydrogens (primary N) is 1. The third-order valence-corrected chi connectivity index (χ3v) is 7.81. The summed E-state index contributed by atoms with van der Waals surface area (Å²) >= 11 is 6.14. The third kappa shape index (κ3) is 6.88. The van der Waals surface area contributed by atoms with Crippen LogP contribution in [0.15, 0.2) is 36.7 Å². The molecule has 41 heavy (non-hydrogen) atoms. The number of nitrogens with zero attached hydrogens (tertiary/aromatic N) is 4. The van der Waals surface area contributed by atoms with Crippen molar-refractivity contribution in [2.75, 3.05) is 18.9 Å². The number of fused-ring (bicyclic) bond motifs is 1. The maximum atomic E-state index is 15.8. The van der Waals surface area contributed by atoms with Gasteiger partial charge in [0.2, 0.25) is 11.8 Å². The summed E-state index contributed by atoms with van der Waals surface area (Å²) in [6.07, 6.45) is -4.31. The molecule has 4 N–H and O–H groups in total. The van der Waals surface area contributed by atoms with Crippen molar-refractivity contribution in [2.45, 2.75) is 63.4 Å². The summed E-state index contributed by atoms with van der Waals surface area (Å²) in [6.45, 7) is 6.06. The second-order valence-electron chi connectivity index (χ2n) is 9.32. The van der Waals surface area contributed by atoms with Crippen molar-refractivity contribution in [2.24, 2.45) is 0 Å². The molecule has 0 spiro atoms. The number of nitrogens with one attached hydrogen (secondary N) is 1. The zero-order chi connectivity index (χ0) is 29.9. The van der Waals surface area contributed by atoms with E-state index in [1.807, 2.05) is 0 Å². The van der Waals surface area contributed by atoms with Crippen LogP contribution in [0.4, 0.5) is 10.3 Å². The highest BCUT2D eigenvalue weighted by Crippen LogP contribution is 2.49. The van der Waals surface area contributed by atoms with E-state index in [4.69, 9.17) is 40.6 Å². The molecule has 4 rings (SSSR count). The molecule has 0 aliphatic carbocycles. The van der Waals surface area contributed by atoms with Gasteiger partial charge < -0.3 is 29.6 Å². The van der Waals surface area contributed by atoms with Gasteiger partial charge in [-0.05, 0) is 39.8 Å². The van der Waals surface area contributed by atoms with Crippen molar-refractivity contribution in [1.82, 2.24) is 24.6 Å². The fourth-order valence-corrected chi connectivity index (χ4v) is 5.73. The summed E-state index contributed by atoms with van der Waals surface area (Å²) in [7, 11) is -4.34. The summed E-state index contributed by atoms with van der Waals surface area (Å²) < 4.78 is 58.1. The number of rotatable bonds is 12. The Kier molecular flexibility index (Phi) is 9.36. The van der Waals surface area contributed by atoms with E-state index < -0.39 is 56.0 Å². The molecule has 1 aliphatic rings. The van der Waals surface area contributed by atoms with E-state index in [1.165, 1.54) is 25.4 Å². The number of carbonyl (C=O) groups excluding carboxylic acids is 1. The number of aliphatic hydroxyl groups excluding tert-OH is 1. The van der Waals surface area contributed by atoms with Gasteiger partial charge in [0.05, 0.1) is 25.6 Å². The molecule has 0 bridgehead atoms. The monoisotopic (exact) mass is 616 g/mol. The fraction of sp³-hybridized carbons (Fsp3) is 0.500. The Morgan fingerprint density at radius 3 is 2.68 bits per heavy atom. The molecule has 0 saturated carbocycles. The smallest absolute Gasteiger partial charge is 0.459 e. The van der Waals surface area contributed by atoms with Gasteiger partial charge >= 0.3 is 13.7 Å². The molecule has 17 heteroatoms. The van der Waals surface area contributed by atoms with E-state index in [0.717, 1.165) is 4.57 Å². The van der Waals surface area contributed by atoms with Gasteiger partial charge in [0.25, 0.3) is 5.13 Å². The van der Waals surface area contributed by atoms with Crippen LogP contribution in [0.25, 0.3) is 11.2 Å². The number of carbonyl (C=O) groups is 1. The highest BCUT2D eigenvalue weighted by molar-refractivity contribution is 7.52. The molecule has 14 nitrogen and oxygen atoms in total. The molecule has 3 heterocycles. The molecule has 1 saturated heterocycles. The lowest BCUT2D eigenvalue weighted by atomic mass is 10.1. The molecule has 6 atom stereocenters. The first kappa shape index (κ1) is 30.9. The van der Waals surface area contributed by atoms with E-state index in [2.05, 4.69) is 20.0 Å². The molecule has 0 unspecified atom stereocenters. The molecule has 1 aliphatic heterocycles. The third-order valence-electron chi connectivity index (χ3n) is 5.75. The van der Waals surface area contributed by atoms with Crippen LogP contribution < -0.4 is 20.1 Å². The maximum Gasteiger partial charge on any atom is 0.459 e. The van der Waals surface area contributed by atoms with E-state index in [9.17, 15) is 14.5 Å². The average molecular weight is 617 g/mol. The fourth-order valence-electron chi connectivity index (χ4n) is 3.93. The number of hydrogen-bond donors (Lipinski definition) is 3. The van der Waals surface area contributed by atoms with Crippen LogP contribution >= 0.6 is 19.3 Å². The normalized spacial score (nSPS) is 24.7. The number of esters is 1. The molecule has 0 radical (unpaired) electrons. The number of anilines is 1. The van der Waals surface area contributed by atoms with Crippen LogP contribution in [0.3, 0.4) is 0 Å². The number of nitrogen functional groups attached to an aromatic ring is 1. The summed E-state index contributed by atoms with van der Waals surface area (Å²) in [5, 5.41) is 10.4. The Bertz CT molecular complexity index is 1410. The van der Waals surface area contributed by atoms with Gasteiger partial charge in [-0.3, -0.25) is 13.9 Å². The largest absolute Gasteiger partial charge is 0.476 e. The number of ether oxygens (including phenoxy) is 3. The van der Waals surface area contributed by atoms with Crippen LogP contribution in [0, 0.1) is 0 Å². The molecule has 1 fully saturated rings. The number of imidazole rings is 1. The van der Waals surface area contributed by atoms with Gasteiger partial charge in [-0.15, -0.1) is 0 Å². The highest BCUT2D eigenvalue weighted by atomic mass is 35.5. The van der Waals surface area contributed by atoms with Crippen LogP contribution in [0.1, 0.15) is 33.9 Å². The minimum Gasteiger partial charge on any atom is -0.476 e. The predicted octanol–water partition coefficient (Wildman–Crippen LogP) is 3.10. The van der Waals surface area contributed by atoms with Gasteiger partial charge in [0.15, 0.2) is 17.4 Å². The van der Waals surface area contributed by atoms with Crippen molar-refractivity contribution >= 4 is 42.4 Å². The molecule has 0 amide bonds. The average Bonchev–Trinajstić information content (AvgIpc) is 3.41. The van der Waals surface area contributed by atoms with Gasteiger partial charge in [-0.2, -0.15) is 15.1 Å². The number of aliphatic hydroxyl groups is 1. The standard InChI is InChI=1S/C24H31ClFN6O8P/c1-5-36-20-17-19(29-23(27)30-20)32(12-28-17)22-24(25,26)18(33)16(39-22)11-37-41(35,40-15-9-7-6-8-10-15)31-14(4)21(34)38-13(2)3/h6-10,12-14,16,18,22,33H,5,11H2,1-4H3,(H,31,35)(H2,27,29,30)/t14-,16+,18+,22+,24+,41+/m0/s1. The van der Waals surface area contributed by atoms with Crippen LogP contribution in [0.5, 0.6) is 11.6 Å². The predicted molar refractivity (Wildman–Crippen MR) is 145 cm³/mol. The van der Waals surface area contributed by atoms with E-state index in [1.54, 1.807) is 39.0 Å². The minimum absolute atomic E-state index is 0.0413. The zero-order valence-corrected chi connectivity index (χ0v) is 24.3. The lowest BCUT2D eigenvalue weighted by Crippen LogP contribution is -2.40. The van der Waals surface area contributed by atoms with Crippen LogP contribution in [-0.2, 0) is 23.4 Å². The molecular formula is C24H31ClFN6O8P. The van der Waals surface area contributed by atoms with Crippen molar-refractivity contribution in [3.05, 3.63) is 36.7 Å². The lowest BCUT2D eigenvalue weighted by Gasteiger charge is -2.25. The Hall–Kier alpha value is -3.07. The minimum atomic E-state index is -4.34.